The Morgan fingerprint density at radius 2 is 2.09 bits per heavy atom. The van der Waals surface area contributed by atoms with Gasteiger partial charge in [-0.2, -0.15) is 10.2 Å². The van der Waals surface area contributed by atoms with Crippen LogP contribution in [0.4, 0.5) is 0 Å². The molecule has 6 heteroatoms. The smallest absolute Gasteiger partial charge is 0.289 e. The Balaban J connectivity index is 1.75. The number of hydrogen-bond acceptors (Lipinski definition) is 4. The highest BCUT2D eigenvalue weighted by Crippen LogP contribution is 2.22. The van der Waals surface area contributed by atoms with Gasteiger partial charge in [0.1, 0.15) is 11.5 Å². The third-order valence-corrected chi connectivity index (χ3v) is 3.19. The minimum absolute atomic E-state index is 0.352. The maximum absolute atomic E-state index is 12.1. The molecule has 110 valence electrons. The lowest BCUT2D eigenvalue weighted by Gasteiger charge is -1.99. The number of nitrogens with one attached hydrogen (secondary N) is 2. The molecule has 0 unspecified atom stereocenters. The molecule has 3 aromatic rings. The summed E-state index contributed by atoms with van der Waals surface area (Å²) < 4.78 is 5.09. The first-order chi connectivity index (χ1) is 10.8. The Bertz CT molecular complexity index is 789. The van der Waals surface area contributed by atoms with Crippen LogP contribution >= 0.6 is 0 Å². The monoisotopic (exact) mass is 294 g/mol. The fourth-order valence-electron chi connectivity index (χ4n) is 2.07. The van der Waals surface area contributed by atoms with Crippen molar-refractivity contribution in [3.8, 4) is 11.3 Å². The van der Waals surface area contributed by atoms with Crippen molar-refractivity contribution in [3.05, 3.63) is 65.7 Å². The second kappa shape index (κ2) is 6.09. The molecular formula is C16H14N4O2. The maximum atomic E-state index is 12.1. The molecule has 2 heterocycles. The van der Waals surface area contributed by atoms with Gasteiger partial charge in [0.2, 0.25) is 0 Å². The molecule has 0 saturated heterocycles. The molecule has 2 N–H and O–H groups in total. The molecule has 1 aromatic carbocycles. The number of amides is 1. The van der Waals surface area contributed by atoms with E-state index in [2.05, 4.69) is 20.7 Å². The molecule has 3 rings (SSSR count). The van der Waals surface area contributed by atoms with Crippen molar-refractivity contribution in [1.82, 2.24) is 15.6 Å². The summed E-state index contributed by atoms with van der Waals surface area (Å²) in [6.07, 6.45) is 2.97. The second-order valence-corrected chi connectivity index (χ2v) is 4.65. The molecule has 0 aliphatic heterocycles. The minimum atomic E-state index is -0.352. The predicted octanol–water partition coefficient (Wildman–Crippen LogP) is 2.74. The number of H-pyrrole nitrogens is 1. The Morgan fingerprint density at radius 1 is 1.27 bits per heavy atom. The summed E-state index contributed by atoms with van der Waals surface area (Å²) in [6.45, 7) is 1.84. The number of hydrogen-bond donors (Lipinski definition) is 2. The molecule has 0 atom stereocenters. The summed E-state index contributed by atoms with van der Waals surface area (Å²) >= 11 is 0. The van der Waals surface area contributed by atoms with Gasteiger partial charge in [0.15, 0.2) is 0 Å². The van der Waals surface area contributed by atoms with Crippen LogP contribution in [-0.2, 0) is 0 Å². The van der Waals surface area contributed by atoms with E-state index in [0.29, 0.717) is 11.5 Å². The zero-order chi connectivity index (χ0) is 15.4. The van der Waals surface area contributed by atoms with E-state index in [9.17, 15) is 4.79 Å². The molecule has 1 amide bonds. The van der Waals surface area contributed by atoms with Gasteiger partial charge in [-0.1, -0.05) is 30.3 Å². The van der Waals surface area contributed by atoms with Gasteiger partial charge in [-0.3, -0.25) is 9.89 Å². The Labute approximate surface area is 126 Å². The summed E-state index contributed by atoms with van der Waals surface area (Å²) in [7, 11) is 0. The van der Waals surface area contributed by atoms with E-state index in [0.717, 1.165) is 16.8 Å². The average molecular weight is 294 g/mol. The molecule has 0 radical (unpaired) electrons. The molecule has 6 nitrogen and oxygen atoms in total. The molecular weight excluding hydrogens is 280 g/mol. The number of carbonyl (C=O) groups is 1. The molecule has 0 saturated carbocycles. The molecule has 0 bridgehead atoms. The molecule has 2 aromatic heterocycles. The Kier molecular flexibility index (Phi) is 3.82. The third-order valence-electron chi connectivity index (χ3n) is 3.19. The predicted molar refractivity (Wildman–Crippen MR) is 82.5 cm³/mol. The molecule has 22 heavy (non-hydrogen) atoms. The van der Waals surface area contributed by atoms with Crippen LogP contribution in [-0.4, -0.2) is 22.3 Å². The summed E-state index contributed by atoms with van der Waals surface area (Å²) in [5, 5.41) is 10.8. The van der Waals surface area contributed by atoms with Gasteiger partial charge >= 0.3 is 0 Å². The number of carbonyl (C=O) groups excluding carboxylic acids is 1. The lowest BCUT2D eigenvalue weighted by molar-refractivity contribution is 0.0949. The summed E-state index contributed by atoms with van der Waals surface area (Å²) in [5.41, 5.74) is 5.31. The minimum Gasteiger partial charge on any atom is -0.463 e. The highest BCUT2D eigenvalue weighted by atomic mass is 16.3. The topological polar surface area (TPSA) is 83.3 Å². The lowest BCUT2D eigenvalue weighted by atomic mass is 10.1. The zero-order valence-electron chi connectivity index (χ0n) is 11.9. The number of benzene rings is 1. The van der Waals surface area contributed by atoms with Crippen molar-refractivity contribution < 1.29 is 9.21 Å². The molecule has 0 aliphatic rings. The van der Waals surface area contributed by atoms with Gasteiger partial charge in [-0.15, -0.1) is 0 Å². The number of furan rings is 1. The summed E-state index contributed by atoms with van der Waals surface area (Å²) in [5.74, 6) is 0.210. The lowest BCUT2D eigenvalue weighted by Crippen LogP contribution is -2.19. The van der Waals surface area contributed by atoms with Crippen LogP contribution in [0.25, 0.3) is 11.3 Å². The van der Waals surface area contributed by atoms with E-state index >= 15 is 0 Å². The number of aromatic nitrogens is 2. The SMILES string of the molecule is Cc1c(-c2ccccc2)n[nH]c1C(=O)N/N=C\c1ccco1. The van der Waals surface area contributed by atoms with Gasteiger partial charge < -0.3 is 4.42 Å². The fraction of sp³-hybridized carbons (Fsp3) is 0.0625. The summed E-state index contributed by atoms with van der Waals surface area (Å²) in [6, 6.07) is 13.2. The van der Waals surface area contributed by atoms with Crippen LogP contribution in [0.1, 0.15) is 21.8 Å². The normalized spacial score (nSPS) is 11.0. The van der Waals surface area contributed by atoms with E-state index < -0.39 is 0 Å². The first kappa shape index (κ1) is 13.8. The number of aromatic amines is 1. The van der Waals surface area contributed by atoms with Crippen LogP contribution in [0.2, 0.25) is 0 Å². The van der Waals surface area contributed by atoms with Crippen LogP contribution in [0.15, 0.2) is 58.2 Å². The van der Waals surface area contributed by atoms with E-state index in [1.165, 1.54) is 12.5 Å². The van der Waals surface area contributed by atoms with Crippen molar-refractivity contribution >= 4 is 12.1 Å². The Morgan fingerprint density at radius 3 is 2.82 bits per heavy atom. The van der Waals surface area contributed by atoms with Crippen molar-refractivity contribution in [2.45, 2.75) is 6.92 Å². The molecule has 0 fully saturated rings. The Hall–Kier alpha value is -3.15. The quantitative estimate of drug-likeness (QED) is 0.573. The van der Waals surface area contributed by atoms with E-state index in [1.54, 1.807) is 12.1 Å². The maximum Gasteiger partial charge on any atom is 0.289 e. The van der Waals surface area contributed by atoms with Crippen LogP contribution < -0.4 is 5.43 Å². The summed E-state index contributed by atoms with van der Waals surface area (Å²) in [4.78, 5) is 12.1. The largest absolute Gasteiger partial charge is 0.463 e. The van der Waals surface area contributed by atoms with Crippen LogP contribution in [0.5, 0.6) is 0 Å². The standard InChI is InChI=1S/C16H14N4O2/c1-11-14(12-6-3-2-4-7-12)18-19-15(11)16(21)20-17-10-13-8-5-9-22-13/h2-10H,1H3,(H,18,19)(H,20,21)/b17-10-. The van der Waals surface area contributed by atoms with E-state index in [-0.39, 0.29) is 5.91 Å². The van der Waals surface area contributed by atoms with Crippen molar-refractivity contribution in [3.63, 3.8) is 0 Å². The van der Waals surface area contributed by atoms with Crippen LogP contribution in [0, 0.1) is 6.92 Å². The van der Waals surface area contributed by atoms with Gasteiger partial charge in [0.05, 0.1) is 18.2 Å². The average Bonchev–Trinajstić information content (AvgIpc) is 3.18. The van der Waals surface area contributed by atoms with E-state index in [4.69, 9.17) is 4.42 Å². The first-order valence-corrected chi connectivity index (χ1v) is 6.73. The highest BCUT2D eigenvalue weighted by molar-refractivity contribution is 5.95. The number of nitrogens with zero attached hydrogens (tertiary/aromatic N) is 2. The first-order valence-electron chi connectivity index (χ1n) is 6.73. The van der Waals surface area contributed by atoms with Gasteiger partial charge in [-0.25, -0.2) is 5.43 Å². The van der Waals surface area contributed by atoms with Crippen molar-refractivity contribution in [2.75, 3.05) is 0 Å². The zero-order valence-corrected chi connectivity index (χ0v) is 11.9. The van der Waals surface area contributed by atoms with Gasteiger partial charge in [0.25, 0.3) is 5.91 Å². The van der Waals surface area contributed by atoms with Gasteiger partial charge in [0, 0.05) is 11.1 Å². The molecule has 0 aliphatic carbocycles. The van der Waals surface area contributed by atoms with Crippen molar-refractivity contribution in [2.24, 2.45) is 5.10 Å². The number of hydrazone groups is 1. The highest BCUT2D eigenvalue weighted by Gasteiger charge is 2.16. The second-order valence-electron chi connectivity index (χ2n) is 4.65. The van der Waals surface area contributed by atoms with Crippen molar-refractivity contribution in [1.29, 1.82) is 0 Å². The van der Waals surface area contributed by atoms with Crippen LogP contribution in [0.3, 0.4) is 0 Å². The van der Waals surface area contributed by atoms with Gasteiger partial charge in [-0.05, 0) is 19.1 Å². The number of rotatable bonds is 4. The third kappa shape index (κ3) is 2.80. The molecule has 0 spiro atoms. The van der Waals surface area contributed by atoms with E-state index in [1.807, 2.05) is 37.3 Å². The fourth-order valence-corrected chi connectivity index (χ4v) is 2.07.